The summed E-state index contributed by atoms with van der Waals surface area (Å²) in [7, 11) is -1.88. The quantitative estimate of drug-likeness (QED) is 0.437. The molecule has 25 heavy (non-hydrogen) atoms. The van der Waals surface area contributed by atoms with E-state index < -0.39 is 30.7 Å². The molecule has 1 amide bonds. The van der Waals surface area contributed by atoms with E-state index in [4.69, 9.17) is 5.11 Å². The van der Waals surface area contributed by atoms with Crippen molar-refractivity contribution in [1.82, 2.24) is 10.3 Å². The number of rotatable bonds is 7. The summed E-state index contributed by atoms with van der Waals surface area (Å²) in [4.78, 5) is 27.0. The van der Waals surface area contributed by atoms with E-state index in [0.29, 0.717) is 5.56 Å². The Morgan fingerprint density at radius 1 is 1.16 bits per heavy atom. The van der Waals surface area contributed by atoms with Gasteiger partial charge >= 0.3 is 13.1 Å². The van der Waals surface area contributed by atoms with Crippen molar-refractivity contribution < 1.29 is 29.9 Å². The minimum Gasteiger partial charge on any atom is -0.507 e. The molecule has 0 aliphatic heterocycles. The van der Waals surface area contributed by atoms with Crippen LogP contribution < -0.4 is 5.32 Å². The maximum atomic E-state index is 12.1. The van der Waals surface area contributed by atoms with Gasteiger partial charge in [0.05, 0.1) is 12.4 Å². The van der Waals surface area contributed by atoms with E-state index in [1.54, 1.807) is 12.1 Å². The molecular weight excluding hydrogens is 327 g/mol. The number of hydrogen-bond acceptors (Lipinski definition) is 6. The minimum atomic E-state index is -1.88. The number of nitrogens with one attached hydrogen (secondary N) is 1. The number of carboxylic acids is 1. The molecule has 0 radical (unpaired) electrons. The van der Waals surface area contributed by atoms with Gasteiger partial charge in [-0.05, 0) is 35.7 Å². The number of benzene rings is 1. The topological polar surface area (TPSA) is 140 Å². The molecule has 130 valence electrons. The largest absolute Gasteiger partial charge is 0.507 e. The minimum absolute atomic E-state index is 0.0207. The third-order valence-electron chi connectivity index (χ3n) is 3.61. The molecule has 5 N–H and O–H groups in total. The Labute approximate surface area is 143 Å². The van der Waals surface area contributed by atoms with Gasteiger partial charge in [-0.15, -0.1) is 0 Å². The van der Waals surface area contributed by atoms with Crippen molar-refractivity contribution in [3.63, 3.8) is 0 Å². The average Bonchev–Trinajstić information content (AvgIpc) is 2.56. The highest BCUT2D eigenvalue weighted by Gasteiger charge is 2.27. The van der Waals surface area contributed by atoms with Gasteiger partial charge in [-0.25, -0.2) is 4.79 Å². The van der Waals surface area contributed by atoms with Crippen molar-refractivity contribution in [2.24, 2.45) is 0 Å². The van der Waals surface area contributed by atoms with E-state index in [2.05, 4.69) is 10.3 Å². The highest BCUT2D eigenvalue weighted by atomic mass is 16.4. The third kappa shape index (κ3) is 5.03. The Balaban J connectivity index is 2.10. The summed E-state index contributed by atoms with van der Waals surface area (Å²) in [5.41, 5.74) is 0.586. The fraction of sp³-hybridized carbons (Fsp3) is 0.188. The van der Waals surface area contributed by atoms with Gasteiger partial charge in [0.1, 0.15) is 11.3 Å². The van der Waals surface area contributed by atoms with E-state index in [9.17, 15) is 24.7 Å². The molecule has 1 aromatic carbocycles. The summed E-state index contributed by atoms with van der Waals surface area (Å²) < 4.78 is 0. The van der Waals surface area contributed by atoms with Gasteiger partial charge in [-0.2, -0.15) is 0 Å². The van der Waals surface area contributed by atoms with Gasteiger partial charge in [-0.1, -0.05) is 12.1 Å². The fourth-order valence-electron chi connectivity index (χ4n) is 2.34. The average molecular weight is 344 g/mol. The molecule has 8 nitrogen and oxygen atoms in total. The number of aromatic hydroxyl groups is 1. The van der Waals surface area contributed by atoms with E-state index in [1.165, 1.54) is 30.6 Å². The number of para-hydroxylation sites is 1. The van der Waals surface area contributed by atoms with E-state index >= 15 is 0 Å². The van der Waals surface area contributed by atoms with Crippen LogP contribution >= 0.6 is 0 Å². The first-order valence-corrected chi connectivity index (χ1v) is 7.47. The number of aromatic nitrogens is 1. The van der Waals surface area contributed by atoms with E-state index in [1.807, 2.05) is 0 Å². The van der Waals surface area contributed by atoms with Crippen molar-refractivity contribution >= 4 is 19.0 Å². The highest BCUT2D eigenvalue weighted by Crippen LogP contribution is 2.24. The lowest BCUT2D eigenvalue weighted by Gasteiger charge is -2.19. The summed E-state index contributed by atoms with van der Waals surface area (Å²) in [5, 5.41) is 40.5. The maximum absolute atomic E-state index is 12.1. The van der Waals surface area contributed by atoms with E-state index in [0.717, 1.165) is 0 Å². The molecule has 1 heterocycles. The van der Waals surface area contributed by atoms with Crippen molar-refractivity contribution in [2.75, 3.05) is 0 Å². The maximum Gasteiger partial charge on any atom is 0.475 e. The number of hydrogen-bond donors (Lipinski definition) is 5. The molecule has 0 saturated heterocycles. The van der Waals surface area contributed by atoms with Crippen LogP contribution in [0.4, 0.5) is 0 Å². The lowest BCUT2D eigenvalue weighted by Crippen LogP contribution is -2.48. The van der Waals surface area contributed by atoms with Crippen LogP contribution in [0, 0.1) is 0 Å². The lowest BCUT2D eigenvalue weighted by atomic mass is 9.75. The second-order valence-corrected chi connectivity index (χ2v) is 5.44. The number of carbonyl (C=O) groups is 2. The number of phenols is 1. The molecule has 0 fully saturated rings. The van der Waals surface area contributed by atoms with Crippen LogP contribution in [0.2, 0.25) is 0 Å². The predicted molar refractivity (Wildman–Crippen MR) is 88.8 cm³/mol. The molecule has 1 atom stereocenters. The predicted octanol–water partition coefficient (Wildman–Crippen LogP) is -0.233. The van der Waals surface area contributed by atoms with Gasteiger partial charge in [-0.3, -0.25) is 9.78 Å². The molecule has 1 aromatic heterocycles. The van der Waals surface area contributed by atoms with Gasteiger partial charge in [0.25, 0.3) is 0 Å². The SMILES string of the molecule is O=C(Cc1ccncc1)N[C@@H](Cc1cccc(C(=O)O)c1O)B(O)O. The molecule has 0 spiro atoms. The van der Waals surface area contributed by atoms with Crippen LogP contribution in [0.5, 0.6) is 5.75 Å². The summed E-state index contributed by atoms with van der Waals surface area (Å²) in [6, 6.07) is 7.43. The van der Waals surface area contributed by atoms with E-state index in [-0.39, 0.29) is 24.0 Å². The summed E-state index contributed by atoms with van der Waals surface area (Å²) in [6.45, 7) is 0. The molecular formula is C16H17BN2O6. The Bertz CT molecular complexity index is 754. The number of nitrogens with zero attached hydrogens (tertiary/aromatic N) is 1. The zero-order valence-electron chi connectivity index (χ0n) is 13.2. The van der Waals surface area contributed by atoms with Gasteiger partial charge < -0.3 is 25.6 Å². The van der Waals surface area contributed by atoms with Gasteiger partial charge in [0, 0.05) is 12.4 Å². The molecule has 9 heteroatoms. The molecule has 0 unspecified atom stereocenters. The van der Waals surface area contributed by atoms with Crippen molar-refractivity contribution in [3.05, 3.63) is 59.4 Å². The summed E-state index contributed by atoms with van der Waals surface area (Å²) in [6.07, 6.45) is 2.95. The number of aromatic carboxylic acids is 1. The van der Waals surface area contributed by atoms with Crippen LogP contribution in [-0.4, -0.2) is 50.2 Å². The van der Waals surface area contributed by atoms with Crippen LogP contribution in [-0.2, 0) is 17.6 Å². The van der Waals surface area contributed by atoms with Crippen LogP contribution in [0.1, 0.15) is 21.5 Å². The van der Waals surface area contributed by atoms with Crippen LogP contribution in [0.15, 0.2) is 42.7 Å². The van der Waals surface area contributed by atoms with Crippen molar-refractivity contribution in [2.45, 2.75) is 18.8 Å². The van der Waals surface area contributed by atoms with Crippen LogP contribution in [0.25, 0.3) is 0 Å². The fourth-order valence-corrected chi connectivity index (χ4v) is 2.34. The number of amides is 1. The zero-order valence-corrected chi connectivity index (χ0v) is 13.2. The summed E-state index contributed by atoms with van der Waals surface area (Å²) in [5.74, 6) is -3.33. The van der Waals surface area contributed by atoms with Gasteiger partial charge in [0.15, 0.2) is 0 Å². The standard InChI is InChI=1S/C16H17BN2O6/c20-14(8-10-4-6-18-7-5-10)19-13(17(24)25)9-11-2-1-3-12(15(11)21)16(22)23/h1-7,13,21,24-25H,8-9H2,(H,19,20)(H,22,23)/t13-/m0/s1. The molecule has 0 saturated carbocycles. The lowest BCUT2D eigenvalue weighted by molar-refractivity contribution is -0.120. The first-order chi connectivity index (χ1) is 11.9. The Morgan fingerprint density at radius 2 is 1.84 bits per heavy atom. The second kappa shape index (κ2) is 8.27. The van der Waals surface area contributed by atoms with Gasteiger partial charge in [0.2, 0.25) is 5.91 Å². The van der Waals surface area contributed by atoms with Crippen LogP contribution in [0.3, 0.4) is 0 Å². The Kier molecular flexibility index (Phi) is 6.10. The molecule has 2 rings (SSSR count). The zero-order chi connectivity index (χ0) is 18.4. The Morgan fingerprint density at radius 3 is 2.44 bits per heavy atom. The molecule has 0 aliphatic carbocycles. The normalized spacial score (nSPS) is 11.6. The monoisotopic (exact) mass is 344 g/mol. The number of pyridine rings is 1. The third-order valence-corrected chi connectivity index (χ3v) is 3.61. The Hall–Kier alpha value is -2.91. The number of carbonyl (C=O) groups excluding carboxylic acids is 1. The molecule has 0 bridgehead atoms. The second-order valence-electron chi connectivity index (χ2n) is 5.44. The molecule has 2 aromatic rings. The highest BCUT2D eigenvalue weighted by molar-refractivity contribution is 6.43. The smallest absolute Gasteiger partial charge is 0.475 e. The van der Waals surface area contributed by atoms with Crippen molar-refractivity contribution in [3.8, 4) is 5.75 Å². The number of carboxylic acid groups (broad SMARTS) is 1. The molecule has 0 aliphatic rings. The first kappa shape index (κ1) is 18.4. The summed E-state index contributed by atoms with van der Waals surface area (Å²) >= 11 is 0. The first-order valence-electron chi connectivity index (χ1n) is 7.47. The van der Waals surface area contributed by atoms with Crippen molar-refractivity contribution in [1.29, 1.82) is 0 Å².